The molecule has 1 fully saturated rings. The molecule has 0 aromatic heterocycles. The van der Waals surface area contributed by atoms with E-state index in [0.29, 0.717) is 11.3 Å². The van der Waals surface area contributed by atoms with E-state index in [2.05, 4.69) is 20.8 Å². The van der Waals surface area contributed by atoms with Crippen molar-refractivity contribution in [1.82, 2.24) is 0 Å². The van der Waals surface area contributed by atoms with Gasteiger partial charge in [-0.2, -0.15) is 0 Å². The van der Waals surface area contributed by atoms with E-state index in [-0.39, 0.29) is 16.7 Å². The van der Waals surface area contributed by atoms with Crippen LogP contribution >= 0.6 is 0 Å². The van der Waals surface area contributed by atoms with Crippen molar-refractivity contribution < 1.29 is 14.7 Å². The number of anilines is 1. The van der Waals surface area contributed by atoms with E-state index in [1.807, 2.05) is 74.5 Å². The van der Waals surface area contributed by atoms with Crippen LogP contribution in [-0.2, 0) is 15.0 Å². The van der Waals surface area contributed by atoms with E-state index in [9.17, 15) is 14.7 Å². The highest BCUT2D eigenvalue weighted by molar-refractivity contribution is 6.51. The molecule has 1 aliphatic rings. The first kappa shape index (κ1) is 22.5. The minimum absolute atomic E-state index is 0.0293. The van der Waals surface area contributed by atoms with Crippen molar-refractivity contribution in [2.45, 2.75) is 46.1 Å². The van der Waals surface area contributed by atoms with Crippen molar-refractivity contribution in [2.75, 3.05) is 4.90 Å². The van der Waals surface area contributed by atoms with Gasteiger partial charge in [-0.05, 0) is 54.2 Å². The van der Waals surface area contributed by atoms with E-state index in [4.69, 9.17) is 0 Å². The van der Waals surface area contributed by atoms with Crippen LogP contribution in [0.25, 0.3) is 5.76 Å². The van der Waals surface area contributed by atoms with Crippen LogP contribution < -0.4 is 4.90 Å². The van der Waals surface area contributed by atoms with Crippen LogP contribution in [0, 0.1) is 13.8 Å². The van der Waals surface area contributed by atoms with Crippen LogP contribution in [0.2, 0.25) is 0 Å². The lowest BCUT2D eigenvalue weighted by Gasteiger charge is -2.26. The van der Waals surface area contributed by atoms with Crippen LogP contribution in [0.3, 0.4) is 0 Å². The summed E-state index contributed by atoms with van der Waals surface area (Å²) in [5.41, 5.74) is 4.99. The van der Waals surface area contributed by atoms with Crippen LogP contribution in [-0.4, -0.2) is 16.8 Å². The maximum absolute atomic E-state index is 13.3. The van der Waals surface area contributed by atoms with Gasteiger partial charge in [0.05, 0.1) is 11.6 Å². The molecule has 1 N–H and O–H groups in total. The molecule has 4 rings (SSSR count). The molecule has 0 radical (unpaired) electrons. The molecule has 168 valence electrons. The number of para-hydroxylation sites is 1. The third-order valence-corrected chi connectivity index (χ3v) is 6.22. The molecule has 1 heterocycles. The predicted octanol–water partition coefficient (Wildman–Crippen LogP) is 6.23. The Morgan fingerprint density at radius 3 is 2.12 bits per heavy atom. The lowest BCUT2D eigenvalue weighted by molar-refractivity contribution is -0.132. The second kappa shape index (κ2) is 8.36. The molecule has 1 saturated heterocycles. The molecule has 4 nitrogen and oxygen atoms in total. The molecule has 0 bridgehead atoms. The first-order chi connectivity index (χ1) is 15.6. The summed E-state index contributed by atoms with van der Waals surface area (Å²) in [4.78, 5) is 28.0. The van der Waals surface area contributed by atoms with Gasteiger partial charge in [0.25, 0.3) is 11.7 Å². The summed E-state index contributed by atoms with van der Waals surface area (Å²) in [6.07, 6.45) is 0. The van der Waals surface area contributed by atoms with E-state index >= 15 is 0 Å². The van der Waals surface area contributed by atoms with Crippen LogP contribution in [0.1, 0.15) is 54.6 Å². The Morgan fingerprint density at radius 1 is 0.879 bits per heavy atom. The number of aliphatic hydroxyl groups excluding tert-OH is 1. The zero-order valence-corrected chi connectivity index (χ0v) is 19.7. The van der Waals surface area contributed by atoms with Crippen LogP contribution in [0.15, 0.2) is 78.4 Å². The topological polar surface area (TPSA) is 57.6 Å². The van der Waals surface area contributed by atoms with E-state index in [1.165, 1.54) is 4.90 Å². The van der Waals surface area contributed by atoms with Gasteiger partial charge in [0.2, 0.25) is 0 Å². The average Bonchev–Trinajstić information content (AvgIpc) is 3.05. The molecule has 1 unspecified atom stereocenters. The summed E-state index contributed by atoms with van der Waals surface area (Å²) < 4.78 is 0. The molecule has 1 aliphatic heterocycles. The Kier molecular flexibility index (Phi) is 5.71. The molecule has 33 heavy (non-hydrogen) atoms. The number of ketones is 1. The maximum atomic E-state index is 13.3. The molecule has 3 aromatic rings. The van der Waals surface area contributed by atoms with E-state index < -0.39 is 17.7 Å². The van der Waals surface area contributed by atoms with Crippen molar-refractivity contribution >= 4 is 23.1 Å². The van der Waals surface area contributed by atoms with Crippen molar-refractivity contribution in [2.24, 2.45) is 0 Å². The Hall–Kier alpha value is -3.66. The second-order valence-electron chi connectivity index (χ2n) is 9.70. The zero-order chi connectivity index (χ0) is 23.9. The van der Waals surface area contributed by atoms with Gasteiger partial charge in [-0.15, -0.1) is 0 Å². The standard InChI is InChI=1S/C29H29NO3/c1-18-11-12-19(2)23(17-18)26(31)24-25(20-13-15-21(16-14-20)29(3,4)5)30(28(33)27(24)32)22-9-7-6-8-10-22/h6-17,25,31H,1-5H3/b26-24+. The molecular weight excluding hydrogens is 410 g/mol. The number of aryl methyl sites for hydroxylation is 2. The number of nitrogens with zero attached hydrogens (tertiary/aromatic N) is 1. The quantitative estimate of drug-likeness (QED) is 0.299. The van der Waals surface area contributed by atoms with Gasteiger partial charge >= 0.3 is 0 Å². The van der Waals surface area contributed by atoms with Crippen molar-refractivity contribution in [3.63, 3.8) is 0 Å². The fourth-order valence-corrected chi connectivity index (χ4v) is 4.30. The maximum Gasteiger partial charge on any atom is 0.300 e. The normalized spacial score (nSPS) is 18.1. The predicted molar refractivity (Wildman–Crippen MR) is 132 cm³/mol. The number of aliphatic hydroxyl groups is 1. The molecule has 0 saturated carbocycles. The third-order valence-electron chi connectivity index (χ3n) is 6.22. The number of rotatable bonds is 3. The minimum Gasteiger partial charge on any atom is -0.507 e. The Labute approximate surface area is 195 Å². The first-order valence-corrected chi connectivity index (χ1v) is 11.1. The van der Waals surface area contributed by atoms with Crippen molar-refractivity contribution in [3.8, 4) is 0 Å². The lowest BCUT2D eigenvalue weighted by atomic mass is 9.85. The monoisotopic (exact) mass is 439 g/mol. The zero-order valence-electron chi connectivity index (χ0n) is 19.7. The van der Waals surface area contributed by atoms with Crippen LogP contribution in [0.5, 0.6) is 0 Å². The van der Waals surface area contributed by atoms with Crippen molar-refractivity contribution in [1.29, 1.82) is 0 Å². The Balaban J connectivity index is 1.95. The number of Topliss-reactive ketones (excluding diaryl/α,β-unsaturated/α-hetero) is 1. The summed E-state index contributed by atoms with van der Waals surface area (Å²) in [6.45, 7) is 10.2. The number of hydrogen-bond donors (Lipinski definition) is 1. The smallest absolute Gasteiger partial charge is 0.300 e. The summed E-state index contributed by atoms with van der Waals surface area (Å²) >= 11 is 0. The third kappa shape index (κ3) is 4.09. The van der Waals surface area contributed by atoms with Gasteiger partial charge in [0, 0.05) is 11.3 Å². The van der Waals surface area contributed by atoms with E-state index in [0.717, 1.165) is 22.3 Å². The number of amides is 1. The molecule has 3 aromatic carbocycles. The van der Waals surface area contributed by atoms with Crippen molar-refractivity contribution in [3.05, 3.63) is 106 Å². The highest BCUT2D eigenvalue weighted by Gasteiger charge is 2.47. The second-order valence-corrected chi connectivity index (χ2v) is 9.70. The fraction of sp³-hybridized carbons (Fsp3) is 0.241. The van der Waals surface area contributed by atoms with Gasteiger partial charge in [-0.25, -0.2) is 0 Å². The highest BCUT2D eigenvalue weighted by Crippen LogP contribution is 2.42. The van der Waals surface area contributed by atoms with Gasteiger partial charge in [0.1, 0.15) is 5.76 Å². The Bertz CT molecular complexity index is 1250. The van der Waals surface area contributed by atoms with Gasteiger partial charge < -0.3 is 5.11 Å². The fourth-order valence-electron chi connectivity index (χ4n) is 4.30. The van der Waals surface area contributed by atoms with Gasteiger partial charge in [-0.1, -0.05) is 80.9 Å². The molecule has 4 heteroatoms. The minimum atomic E-state index is -0.721. The number of hydrogen-bond acceptors (Lipinski definition) is 3. The summed E-state index contributed by atoms with van der Waals surface area (Å²) in [6, 6.07) is 22.1. The first-order valence-electron chi connectivity index (χ1n) is 11.1. The summed E-state index contributed by atoms with van der Waals surface area (Å²) in [5.74, 6) is -1.46. The highest BCUT2D eigenvalue weighted by atomic mass is 16.3. The number of carbonyl (C=O) groups is 2. The molecule has 1 amide bonds. The molecule has 0 spiro atoms. The van der Waals surface area contributed by atoms with E-state index in [1.54, 1.807) is 12.1 Å². The molecule has 1 atom stereocenters. The van der Waals surface area contributed by atoms with Gasteiger partial charge in [-0.3, -0.25) is 14.5 Å². The largest absolute Gasteiger partial charge is 0.507 e. The summed E-state index contributed by atoms with van der Waals surface area (Å²) in [7, 11) is 0. The average molecular weight is 440 g/mol. The Morgan fingerprint density at radius 2 is 1.52 bits per heavy atom. The lowest BCUT2D eigenvalue weighted by Crippen LogP contribution is -2.29. The molecular formula is C29H29NO3. The SMILES string of the molecule is Cc1ccc(C)c(/C(O)=C2\C(=O)C(=O)N(c3ccccc3)C2c2ccc(C(C)(C)C)cc2)c1. The molecule has 0 aliphatic carbocycles. The van der Waals surface area contributed by atoms with Crippen LogP contribution in [0.4, 0.5) is 5.69 Å². The number of carbonyl (C=O) groups excluding carboxylic acids is 2. The summed E-state index contributed by atoms with van der Waals surface area (Å²) in [5, 5.41) is 11.4. The number of benzene rings is 3. The van der Waals surface area contributed by atoms with Gasteiger partial charge in [0.15, 0.2) is 0 Å².